The number of hydrogen-bond donors (Lipinski definition) is 1. The fourth-order valence-electron chi connectivity index (χ4n) is 2.58. The number of benzene rings is 1. The molecule has 0 bridgehead atoms. The number of nitrogens with two attached hydrogens (primary N) is 1. The fourth-order valence-corrected chi connectivity index (χ4v) is 2.70. The zero-order valence-corrected chi connectivity index (χ0v) is 14.2. The molecule has 0 aromatic heterocycles. The summed E-state index contributed by atoms with van der Waals surface area (Å²) in [6, 6.07) is 7.69. The van der Waals surface area contributed by atoms with Gasteiger partial charge in [-0.2, -0.15) is 13.2 Å². The van der Waals surface area contributed by atoms with Gasteiger partial charge in [0.05, 0.1) is 0 Å². The van der Waals surface area contributed by atoms with E-state index in [2.05, 4.69) is 9.89 Å². The molecule has 8 heteroatoms. The monoisotopic (exact) mass is 362 g/mol. The largest absolute Gasteiger partial charge is 0.389 e. The standard InChI is InChI=1S/C16H22ClF3N4/c17-13-3-5-14(6-4-13)23-9-11-24(12-10-23)15(21)22-8-2-1-7-16(18,19)20/h3-6H,1-2,7-12H2,(H2,21,22). The van der Waals surface area contributed by atoms with E-state index in [1.165, 1.54) is 0 Å². The summed E-state index contributed by atoms with van der Waals surface area (Å²) in [7, 11) is 0. The van der Waals surface area contributed by atoms with Crippen molar-refractivity contribution in [2.24, 2.45) is 10.7 Å². The Morgan fingerprint density at radius 2 is 1.71 bits per heavy atom. The molecule has 1 aliphatic rings. The predicted molar refractivity (Wildman–Crippen MR) is 91.6 cm³/mol. The van der Waals surface area contributed by atoms with Crippen molar-refractivity contribution < 1.29 is 13.2 Å². The quantitative estimate of drug-likeness (QED) is 0.495. The van der Waals surface area contributed by atoms with Gasteiger partial charge in [-0.1, -0.05) is 11.6 Å². The van der Waals surface area contributed by atoms with Gasteiger partial charge in [0.25, 0.3) is 0 Å². The number of unbranched alkanes of at least 4 members (excludes halogenated alkanes) is 1. The van der Waals surface area contributed by atoms with Crippen LogP contribution in [-0.4, -0.2) is 49.8 Å². The lowest BCUT2D eigenvalue weighted by Gasteiger charge is -2.36. The van der Waals surface area contributed by atoms with E-state index in [0.717, 1.165) is 31.9 Å². The molecule has 1 aliphatic heterocycles. The molecule has 1 saturated heterocycles. The summed E-state index contributed by atoms with van der Waals surface area (Å²) in [4.78, 5) is 8.40. The van der Waals surface area contributed by atoms with Crippen LogP contribution in [0.2, 0.25) is 5.02 Å². The first-order valence-electron chi connectivity index (χ1n) is 7.97. The Labute approximate surface area is 145 Å². The molecule has 0 amide bonds. The maximum absolute atomic E-state index is 12.1. The molecule has 0 atom stereocenters. The Kier molecular flexibility index (Phi) is 6.60. The molecule has 0 unspecified atom stereocenters. The van der Waals surface area contributed by atoms with E-state index in [-0.39, 0.29) is 6.42 Å². The van der Waals surface area contributed by atoms with Gasteiger partial charge in [0.15, 0.2) is 5.96 Å². The van der Waals surface area contributed by atoms with E-state index >= 15 is 0 Å². The number of halogens is 4. The van der Waals surface area contributed by atoms with Crippen molar-refractivity contribution in [2.45, 2.75) is 25.4 Å². The molecule has 1 heterocycles. The van der Waals surface area contributed by atoms with Gasteiger partial charge in [0, 0.05) is 49.9 Å². The van der Waals surface area contributed by atoms with Gasteiger partial charge in [0.1, 0.15) is 0 Å². The van der Waals surface area contributed by atoms with Crippen LogP contribution in [0.5, 0.6) is 0 Å². The lowest BCUT2D eigenvalue weighted by Crippen LogP contribution is -2.51. The van der Waals surface area contributed by atoms with E-state index in [4.69, 9.17) is 17.3 Å². The van der Waals surface area contributed by atoms with Gasteiger partial charge >= 0.3 is 6.18 Å². The highest BCUT2D eigenvalue weighted by atomic mass is 35.5. The Morgan fingerprint density at radius 3 is 2.29 bits per heavy atom. The summed E-state index contributed by atoms with van der Waals surface area (Å²) >= 11 is 5.89. The van der Waals surface area contributed by atoms with Gasteiger partial charge in [-0.15, -0.1) is 0 Å². The first kappa shape index (κ1) is 18.7. The molecule has 0 radical (unpaired) electrons. The van der Waals surface area contributed by atoms with Crippen LogP contribution in [0.15, 0.2) is 29.3 Å². The van der Waals surface area contributed by atoms with E-state index in [1.54, 1.807) is 0 Å². The summed E-state index contributed by atoms with van der Waals surface area (Å²) < 4.78 is 36.2. The van der Waals surface area contributed by atoms with Crippen LogP contribution in [-0.2, 0) is 0 Å². The third kappa shape index (κ3) is 6.11. The van der Waals surface area contributed by atoms with Crippen LogP contribution in [0.3, 0.4) is 0 Å². The number of hydrogen-bond acceptors (Lipinski definition) is 2. The van der Waals surface area contributed by atoms with Crippen LogP contribution in [0.25, 0.3) is 0 Å². The second kappa shape index (κ2) is 8.46. The van der Waals surface area contributed by atoms with Crippen molar-refractivity contribution in [2.75, 3.05) is 37.6 Å². The summed E-state index contributed by atoms with van der Waals surface area (Å²) in [6.07, 6.45) is -4.37. The first-order valence-corrected chi connectivity index (χ1v) is 8.35. The molecule has 24 heavy (non-hydrogen) atoms. The van der Waals surface area contributed by atoms with Gasteiger partial charge in [-0.05, 0) is 37.1 Å². The van der Waals surface area contributed by atoms with E-state index in [0.29, 0.717) is 23.9 Å². The molecule has 2 N–H and O–H groups in total. The molecular formula is C16H22ClF3N4. The molecule has 4 nitrogen and oxygen atoms in total. The fraction of sp³-hybridized carbons (Fsp3) is 0.562. The highest BCUT2D eigenvalue weighted by Gasteiger charge is 2.25. The van der Waals surface area contributed by atoms with Gasteiger partial charge < -0.3 is 15.5 Å². The number of alkyl halides is 3. The minimum atomic E-state index is -4.09. The van der Waals surface area contributed by atoms with Crippen LogP contribution < -0.4 is 10.6 Å². The molecule has 1 aromatic rings. The van der Waals surface area contributed by atoms with Crippen LogP contribution >= 0.6 is 11.6 Å². The first-order chi connectivity index (χ1) is 11.3. The number of piperazine rings is 1. The summed E-state index contributed by atoms with van der Waals surface area (Å²) in [5, 5.41) is 0.708. The molecule has 2 rings (SSSR count). The van der Waals surface area contributed by atoms with Crippen molar-refractivity contribution in [3.8, 4) is 0 Å². The van der Waals surface area contributed by atoms with Gasteiger partial charge in [0.2, 0.25) is 0 Å². The topological polar surface area (TPSA) is 44.9 Å². The lowest BCUT2D eigenvalue weighted by molar-refractivity contribution is -0.135. The zero-order chi connectivity index (χ0) is 17.6. The lowest BCUT2D eigenvalue weighted by atomic mass is 10.2. The second-order valence-electron chi connectivity index (χ2n) is 5.76. The van der Waals surface area contributed by atoms with Gasteiger partial charge in [-0.25, -0.2) is 0 Å². The number of nitrogens with zero attached hydrogens (tertiary/aromatic N) is 3. The van der Waals surface area contributed by atoms with Crippen molar-refractivity contribution in [1.82, 2.24) is 4.90 Å². The zero-order valence-electron chi connectivity index (χ0n) is 13.4. The van der Waals surface area contributed by atoms with Crippen LogP contribution in [0, 0.1) is 0 Å². The normalized spacial score (nSPS) is 16.6. The SMILES string of the molecule is NC(=NCCCCC(F)(F)F)N1CCN(c2ccc(Cl)cc2)CC1. The van der Waals surface area contributed by atoms with E-state index in [9.17, 15) is 13.2 Å². The molecule has 0 aliphatic carbocycles. The Balaban J connectivity index is 1.73. The minimum Gasteiger partial charge on any atom is -0.370 e. The van der Waals surface area contributed by atoms with Crippen molar-refractivity contribution in [3.05, 3.63) is 29.3 Å². The maximum atomic E-state index is 12.1. The molecule has 0 saturated carbocycles. The predicted octanol–water partition coefficient (Wildman–Crippen LogP) is 3.51. The van der Waals surface area contributed by atoms with E-state index < -0.39 is 12.6 Å². The number of rotatable bonds is 5. The van der Waals surface area contributed by atoms with Gasteiger partial charge in [-0.3, -0.25) is 4.99 Å². The minimum absolute atomic E-state index is 0.0879. The van der Waals surface area contributed by atoms with Crippen LogP contribution in [0.1, 0.15) is 19.3 Å². The van der Waals surface area contributed by atoms with Crippen molar-refractivity contribution in [3.63, 3.8) is 0 Å². The number of aliphatic imine (C=N–C) groups is 1. The summed E-state index contributed by atoms with van der Waals surface area (Å²) in [5.74, 6) is 0.415. The summed E-state index contributed by atoms with van der Waals surface area (Å²) in [5.41, 5.74) is 7.05. The molecule has 0 spiro atoms. The Morgan fingerprint density at radius 1 is 1.08 bits per heavy atom. The molecular weight excluding hydrogens is 341 g/mol. The molecule has 134 valence electrons. The van der Waals surface area contributed by atoms with Crippen molar-refractivity contribution >= 4 is 23.2 Å². The van der Waals surface area contributed by atoms with E-state index in [1.807, 2.05) is 29.2 Å². The third-order valence-corrected chi connectivity index (χ3v) is 4.19. The average molecular weight is 363 g/mol. The maximum Gasteiger partial charge on any atom is 0.389 e. The Bertz CT molecular complexity index is 537. The average Bonchev–Trinajstić information content (AvgIpc) is 2.54. The molecule has 1 aromatic carbocycles. The highest BCUT2D eigenvalue weighted by molar-refractivity contribution is 6.30. The number of guanidine groups is 1. The number of anilines is 1. The van der Waals surface area contributed by atoms with Crippen LogP contribution in [0.4, 0.5) is 18.9 Å². The second-order valence-corrected chi connectivity index (χ2v) is 6.20. The smallest absolute Gasteiger partial charge is 0.370 e. The third-order valence-electron chi connectivity index (χ3n) is 3.94. The highest BCUT2D eigenvalue weighted by Crippen LogP contribution is 2.22. The van der Waals surface area contributed by atoms with Crippen molar-refractivity contribution in [1.29, 1.82) is 0 Å². The molecule has 1 fully saturated rings. The summed E-state index contributed by atoms with van der Waals surface area (Å²) in [6.45, 7) is 3.43. The Hall–Kier alpha value is -1.63.